The largest absolute Gasteiger partial charge is 0.381 e. The SMILES string of the molecule is Cc1nc(C2CCOC2)[nH]c(=O)c1F. The van der Waals surface area contributed by atoms with Gasteiger partial charge >= 0.3 is 0 Å². The summed E-state index contributed by atoms with van der Waals surface area (Å²) in [4.78, 5) is 17.5. The molecule has 0 radical (unpaired) electrons. The van der Waals surface area contributed by atoms with Crippen molar-refractivity contribution in [3.8, 4) is 0 Å². The van der Waals surface area contributed by atoms with E-state index in [2.05, 4.69) is 9.97 Å². The third-order valence-corrected chi connectivity index (χ3v) is 2.36. The fourth-order valence-electron chi connectivity index (χ4n) is 1.54. The van der Waals surface area contributed by atoms with Gasteiger partial charge < -0.3 is 9.72 Å². The Kier molecular flexibility index (Phi) is 2.33. The lowest BCUT2D eigenvalue weighted by molar-refractivity contribution is 0.193. The fraction of sp³-hybridized carbons (Fsp3) is 0.556. The van der Waals surface area contributed by atoms with Crippen LogP contribution in [-0.2, 0) is 4.74 Å². The number of aromatic amines is 1. The van der Waals surface area contributed by atoms with Crippen LogP contribution in [0.4, 0.5) is 4.39 Å². The van der Waals surface area contributed by atoms with Crippen molar-refractivity contribution in [3.63, 3.8) is 0 Å². The van der Waals surface area contributed by atoms with Gasteiger partial charge in [0, 0.05) is 12.5 Å². The summed E-state index contributed by atoms with van der Waals surface area (Å²) in [6, 6.07) is 0. The van der Waals surface area contributed by atoms with Crippen LogP contribution in [-0.4, -0.2) is 23.2 Å². The highest BCUT2D eigenvalue weighted by atomic mass is 19.1. The molecule has 1 aliphatic rings. The van der Waals surface area contributed by atoms with Crippen LogP contribution in [0.2, 0.25) is 0 Å². The van der Waals surface area contributed by atoms with E-state index in [0.29, 0.717) is 19.0 Å². The number of aromatic nitrogens is 2. The van der Waals surface area contributed by atoms with Crippen molar-refractivity contribution >= 4 is 0 Å². The summed E-state index contributed by atoms with van der Waals surface area (Å²) in [6.45, 7) is 2.71. The first-order valence-corrected chi connectivity index (χ1v) is 4.52. The van der Waals surface area contributed by atoms with Crippen LogP contribution in [0.1, 0.15) is 23.9 Å². The van der Waals surface area contributed by atoms with E-state index in [1.165, 1.54) is 6.92 Å². The van der Waals surface area contributed by atoms with Gasteiger partial charge in [0.2, 0.25) is 5.82 Å². The average Bonchev–Trinajstić information content (AvgIpc) is 2.66. The molecule has 76 valence electrons. The minimum atomic E-state index is -0.798. The zero-order valence-corrected chi connectivity index (χ0v) is 7.84. The Labute approximate surface area is 80.1 Å². The molecule has 4 nitrogen and oxygen atoms in total. The quantitative estimate of drug-likeness (QED) is 0.723. The van der Waals surface area contributed by atoms with Crippen molar-refractivity contribution in [2.24, 2.45) is 0 Å². The van der Waals surface area contributed by atoms with Crippen LogP contribution in [0.15, 0.2) is 4.79 Å². The standard InChI is InChI=1S/C9H11FN2O2/c1-5-7(10)9(13)12-8(11-5)6-2-3-14-4-6/h6H,2-4H2,1H3,(H,11,12,13). The molecule has 1 saturated heterocycles. The minimum Gasteiger partial charge on any atom is -0.381 e. The molecule has 1 aromatic rings. The molecule has 0 spiro atoms. The normalized spacial score (nSPS) is 21.4. The summed E-state index contributed by atoms with van der Waals surface area (Å²) >= 11 is 0. The van der Waals surface area contributed by atoms with Crippen LogP contribution in [0.3, 0.4) is 0 Å². The summed E-state index contributed by atoms with van der Waals surface area (Å²) in [6.07, 6.45) is 0.827. The zero-order valence-electron chi connectivity index (χ0n) is 7.84. The molecule has 0 amide bonds. The van der Waals surface area contributed by atoms with Crippen molar-refractivity contribution in [1.82, 2.24) is 9.97 Å². The Balaban J connectivity index is 2.39. The molecule has 1 aromatic heterocycles. The fourth-order valence-corrected chi connectivity index (χ4v) is 1.54. The van der Waals surface area contributed by atoms with Crippen molar-refractivity contribution in [2.45, 2.75) is 19.3 Å². The van der Waals surface area contributed by atoms with Gasteiger partial charge in [-0.25, -0.2) is 4.98 Å². The van der Waals surface area contributed by atoms with Crippen LogP contribution in [0, 0.1) is 12.7 Å². The van der Waals surface area contributed by atoms with E-state index in [9.17, 15) is 9.18 Å². The van der Waals surface area contributed by atoms with E-state index in [1.807, 2.05) is 0 Å². The van der Waals surface area contributed by atoms with Crippen LogP contribution in [0.25, 0.3) is 0 Å². The third-order valence-electron chi connectivity index (χ3n) is 2.36. The predicted octanol–water partition coefficient (Wildman–Crippen LogP) is 0.721. The topological polar surface area (TPSA) is 55.0 Å². The van der Waals surface area contributed by atoms with Gasteiger partial charge in [-0.2, -0.15) is 4.39 Å². The lowest BCUT2D eigenvalue weighted by atomic mass is 10.1. The smallest absolute Gasteiger partial charge is 0.287 e. The monoisotopic (exact) mass is 198 g/mol. The van der Waals surface area contributed by atoms with E-state index < -0.39 is 11.4 Å². The first kappa shape index (κ1) is 9.33. The molecule has 2 heterocycles. The number of halogens is 1. The number of hydrogen-bond donors (Lipinski definition) is 1. The third kappa shape index (κ3) is 1.55. The maximum Gasteiger partial charge on any atom is 0.287 e. The highest BCUT2D eigenvalue weighted by Crippen LogP contribution is 2.21. The molecular weight excluding hydrogens is 187 g/mol. The van der Waals surface area contributed by atoms with Gasteiger partial charge in [0.1, 0.15) is 5.82 Å². The lowest BCUT2D eigenvalue weighted by Crippen LogP contribution is -2.19. The van der Waals surface area contributed by atoms with Gasteiger partial charge in [-0.3, -0.25) is 4.79 Å². The van der Waals surface area contributed by atoms with Gasteiger partial charge in [0.05, 0.1) is 12.3 Å². The van der Waals surface area contributed by atoms with Gasteiger partial charge in [-0.1, -0.05) is 0 Å². The molecule has 1 atom stereocenters. The molecule has 0 bridgehead atoms. The van der Waals surface area contributed by atoms with E-state index in [1.54, 1.807) is 0 Å². The molecule has 0 saturated carbocycles. The molecule has 5 heteroatoms. The highest BCUT2D eigenvalue weighted by molar-refractivity contribution is 5.07. The van der Waals surface area contributed by atoms with E-state index in [4.69, 9.17) is 4.74 Å². The molecular formula is C9H11FN2O2. The Hall–Kier alpha value is -1.23. The van der Waals surface area contributed by atoms with Gasteiger partial charge in [0.15, 0.2) is 0 Å². The second kappa shape index (κ2) is 3.49. The van der Waals surface area contributed by atoms with Crippen LogP contribution >= 0.6 is 0 Å². The molecule has 1 fully saturated rings. The number of aryl methyl sites for hydroxylation is 1. The van der Waals surface area contributed by atoms with E-state index in [-0.39, 0.29) is 11.6 Å². The molecule has 1 aliphatic heterocycles. The first-order chi connectivity index (χ1) is 6.68. The number of H-pyrrole nitrogens is 1. The highest BCUT2D eigenvalue weighted by Gasteiger charge is 2.21. The minimum absolute atomic E-state index is 0.0991. The number of rotatable bonds is 1. The number of hydrogen-bond acceptors (Lipinski definition) is 3. The molecule has 0 aromatic carbocycles. The molecule has 14 heavy (non-hydrogen) atoms. The molecule has 1 unspecified atom stereocenters. The summed E-state index contributed by atoms with van der Waals surface area (Å²) in [7, 11) is 0. The second-order valence-electron chi connectivity index (χ2n) is 3.41. The van der Waals surface area contributed by atoms with Gasteiger partial charge in [0.25, 0.3) is 5.56 Å². The molecule has 2 rings (SSSR count). The molecule has 0 aliphatic carbocycles. The first-order valence-electron chi connectivity index (χ1n) is 4.52. The summed E-state index contributed by atoms with van der Waals surface area (Å²) < 4.78 is 18.1. The Morgan fingerprint density at radius 3 is 3.00 bits per heavy atom. The number of nitrogens with zero attached hydrogens (tertiary/aromatic N) is 1. The Morgan fingerprint density at radius 2 is 2.43 bits per heavy atom. The average molecular weight is 198 g/mol. The van der Waals surface area contributed by atoms with Gasteiger partial charge in [-0.15, -0.1) is 0 Å². The maximum absolute atomic E-state index is 13.0. The van der Waals surface area contributed by atoms with Crippen molar-refractivity contribution in [1.29, 1.82) is 0 Å². The van der Waals surface area contributed by atoms with Crippen LogP contribution in [0.5, 0.6) is 0 Å². The Morgan fingerprint density at radius 1 is 1.64 bits per heavy atom. The Bertz CT molecular complexity index is 396. The summed E-state index contributed by atoms with van der Waals surface area (Å²) in [5.41, 5.74) is -0.546. The molecule has 1 N–H and O–H groups in total. The maximum atomic E-state index is 13.0. The van der Waals surface area contributed by atoms with Crippen molar-refractivity contribution < 1.29 is 9.13 Å². The number of ether oxygens (including phenoxy) is 1. The lowest BCUT2D eigenvalue weighted by Gasteiger charge is -2.07. The zero-order chi connectivity index (χ0) is 10.1. The van der Waals surface area contributed by atoms with Crippen molar-refractivity contribution in [3.05, 3.63) is 27.7 Å². The van der Waals surface area contributed by atoms with Crippen LogP contribution < -0.4 is 5.56 Å². The van der Waals surface area contributed by atoms with Gasteiger partial charge in [-0.05, 0) is 13.3 Å². The van der Waals surface area contributed by atoms with Crippen molar-refractivity contribution in [2.75, 3.05) is 13.2 Å². The van der Waals surface area contributed by atoms with E-state index in [0.717, 1.165) is 6.42 Å². The predicted molar refractivity (Wildman–Crippen MR) is 47.7 cm³/mol. The number of nitrogens with one attached hydrogen (secondary N) is 1. The summed E-state index contributed by atoms with van der Waals surface area (Å²) in [5, 5.41) is 0. The van der Waals surface area contributed by atoms with E-state index >= 15 is 0 Å². The summed E-state index contributed by atoms with van der Waals surface area (Å²) in [5.74, 6) is -0.166. The second-order valence-corrected chi connectivity index (χ2v) is 3.41.